The number of aryl methyl sites for hydroxylation is 1. The van der Waals surface area contributed by atoms with Crippen molar-refractivity contribution in [3.8, 4) is 0 Å². The number of aliphatic carboxylic acids is 1. The lowest BCUT2D eigenvalue weighted by Gasteiger charge is -2.05. The van der Waals surface area contributed by atoms with E-state index in [2.05, 4.69) is 12.2 Å². The Morgan fingerprint density at radius 2 is 1.95 bits per heavy atom. The van der Waals surface area contributed by atoms with Gasteiger partial charge in [-0.2, -0.15) is 0 Å². The molecule has 0 spiro atoms. The number of carboxylic acids is 1. The maximum atomic E-state index is 12.1. The number of carbonyl (C=O) groups excluding carboxylic acids is 1. The fourth-order valence-corrected chi connectivity index (χ4v) is 3.38. The van der Waals surface area contributed by atoms with Crippen molar-refractivity contribution in [3.63, 3.8) is 0 Å². The molecule has 1 heterocycles. The van der Waals surface area contributed by atoms with E-state index in [1.54, 1.807) is 0 Å². The zero-order valence-corrected chi connectivity index (χ0v) is 13.0. The molecule has 2 atom stereocenters. The Bertz CT molecular complexity index is 705. The second-order valence-electron chi connectivity index (χ2n) is 5.48. The molecule has 2 aromatic rings. The number of thiophene rings is 1. The SMILES string of the molecule is CCc1ccc(C(=O)Nc2ccc([C@@H]3C[C@H]3C(=O)O)cc2)s1. The average Bonchev–Trinajstić information content (AvgIpc) is 3.17. The van der Waals surface area contributed by atoms with E-state index < -0.39 is 5.97 Å². The number of benzene rings is 1. The molecule has 0 unspecified atom stereocenters. The first-order valence-electron chi connectivity index (χ1n) is 7.31. The van der Waals surface area contributed by atoms with Gasteiger partial charge in [-0.1, -0.05) is 19.1 Å². The lowest BCUT2D eigenvalue weighted by molar-refractivity contribution is -0.138. The summed E-state index contributed by atoms with van der Waals surface area (Å²) in [6.45, 7) is 2.06. The van der Waals surface area contributed by atoms with Crippen LogP contribution in [0, 0.1) is 5.92 Å². The van der Waals surface area contributed by atoms with Crippen LogP contribution in [0.3, 0.4) is 0 Å². The summed E-state index contributed by atoms with van der Waals surface area (Å²) in [5.74, 6) is -0.968. The first-order valence-corrected chi connectivity index (χ1v) is 8.13. The van der Waals surface area contributed by atoms with Crippen molar-refractivity contribution in [1.82, 2.24) is 0 Å². The Morgan fingerprint density at radius 3 is 2.50 bits per heavy atom. The average molecular weight is 315 g/mol. The maximum absolute atomic E-state index is 12.1. The van der Waals surface area contributed by atoms with Gasteiger partial charge in [-0.05, 0) is 48.6 Å². The molecule has 114 valence electrons. The van der Waals surface area contributed by atoms with Gasteiger partial charge in [0.25, 0.3) is 5.91 Å². The minimum absolute atomic E-state index is 0.104. The fraction of sp³-hybridized carbons (Fsp3) is 0.294. The van der Waals surface area contributed by atoms with Crippen LogP contribution in [0.25, 0.3) is 0 Å². The van der Waals surface area contributed by atoms with Crippen LogP contribution in [0.1, 0.15) is 39.4 Å². The molecule has 1 fully saturated rings. The number of anilines is 1. The van der Waals surface area contributed by atoms with E-state index in [0.29, 0.717) is 11.3 Å². The van der Waals surface area contributed by atoms with Crippen molar-refractivity contribution in [2.45, 2.75) is 25.7 Å². The number of nitrogens with one attached hydrogen (secondary N) is 1. The molecule has 0 radical (unpaired) electrons. The van der Waals surface area contributed by atoms with Crippen LogP contribution in [-0.2, 0) is 11.2 Å². The third kappa shape index (κ3) is 3.04. The predicted molar refractivity (Wildman–Crippen MR) is 86.6 cm³/mol. The molecular formula is C17H17NO3S. The monoisotopic (exact) mass is 315 g/mol. The molecule has 2 N–H and O–H groups in total. The molecule has 0 saturated heterocycles. The van der Waals surface area contributed by atoms with Gasteiger partial charge < -0.3 is 10.4 Å². The van der Waals surface area contributed by atoms with Crippen molar-refractivity contribution < 1.29 is 14.7 Å². The lowest BCUT2D eigenvalue weighted by atomic mass is 10.1. The molecular weight excluding hydrogens is 298 g/mol. The summed E-state index contributed by atoms with van der Waals surface area (Å²) in [4.78, 5) is 24.9. The van der Waals surface area contributed by atoms with Crippen LogP contribution in [0.4, 0.5) is 5.69 Å². The molecule has 22 heavy (non-hydrogen) atoms. The molecule has 0 aliphatic heterocycles. The quantitative estimate of drug-likeness (QED) is 0.883. The van der Waals surface area contributed by atoms with Gasteiger partial charge in [-0.25, -0.2) is 0 Å². The summed E-state index contributed by atoms with van der Waals surface area (Å²) in [6.07, 6.45) is 1.63. The Morgan fingerprint density at radius 1 is 1.23 bits per heavy atom. The van der Waals surface area contributed by atoms with Gasteiger partial charge in [0.15, 0.2) is 0 Å². The van der Waals surface area contributed by atoms with Crippen molar-refractivity contribution in [2.75, 3.05) is 5.32 Å². The number of carbonyl (C=O) groups is 2. The predicted octanol–water partition coefficient (Wildman–Crippen LogP) is 3.75. The van der Waals surface area contributed by atoms with E-state index in [0.717, 1.165) is 17.7 Å². The zero-order valence-electron chi connectivity index (χ0n) is 12.2. The second-order valence-corrected chi connectivity index (χ2v) is 6.65. The van der Waals surface area contributed by atoms with Crippen LogP contribution >= 0.6 is 11.3 Å². The van der Waals surface area contributed by atoms with Gasteiger partial charge in [0, 0.05) is 10.6 Å². The number of amides is 1. The second kappa shape index (κ2) is 5.93. The lowest BCUT2D eigenvalue weighted by Crippen LogP contribution is -2.10. The summed E-state index contributed by atoms with van der Waals surface area (Å²) in [5.41, 5.74) is 1.75. The Hall–Kier alpha value is -2.14. The molecule has 3 rings (SSSR count). The highest BCUT2D eigenvalue weighted by atomic mass is 32.1. The van der Waals surface area contributed by atoms with Gasteiger partial charge in [0.1, 0.15) is 0 Å². The summed E-state index contributed by atoms with van der Waals surface area (Å²) in [6, 6.07) is 11.3. The fourth-order valence-electron chi connectivity index (χ4n) is 2.53. The molecule has 1 saturated carbocycles. The van der Waals surface area contributed by atoms with Crippen molar-refractivity contribution in [1.29, 1.82) is 0 Å². The molecule has 4 nitrogen and oxygen atoms in total. The van der Waals surface area contributed by atoms with Crippen molar-refractivity contribution >= 4 is 28.9 Å². The van der Waals surface area contributed by atoms with Crippen LogP contribution in [0.2, 0.25) is 0 Å². The van der Waals surface area contributed by atoms with Gasteiger partial charge in [0.2, 0.25) is 0 Å². The summed E-state index contributed by atoms with van der Waals surface area (Å²) in [7, 11) is 0. The van der Waals surface area contributed by atoms with Crippen molar-refractivity contribution in [3.05, 3.63) is 51.7 Å². The first kappa shape index (κ1) is 14.8. The highest BCUT2D eigenvalue weighted by Crippen LogP contribution is 2.47. The Labute approximate surface area is 132 Å². The number of hydrogen-bond donors (Lipinski definition) is 2. The third-order valence-electron chi connectivity index (χ3n) is 3.94. The van der Waals surface area contributed by atoms with E-state index in [-0.39, 0.29) is 17.7 Å². The molecule has 1 aromatic carbocycles. The molecule has 1 aromatic heterocycles. The summed E-state index contributed by atoms with van der Waals surface area (Å²) >= 11 is 1.50. The van der Waals surface area contributed by atoms with Crippen LogP contribution in [0.15, 0.2) is 36.4 Å². The number of hydrogen-bond acceptors (Lipinski definition) is 3. The summed E-state index contributed by atoms with van der Waals surface area (Å²) in [5, 5.41) is 11.8. The first-order chi connectivity index (χ1) is 10.6. The molecule has 5 heteroatoms. The molecule has 1 aliphatic carbocycles. The van der Waals surface area contributed by atoms with Gasteiger partial charge in [-0.15, -0.1) is 11.3 Å². The minimum atomic E-state index is -0.730. The van der Waals surface area contributed by atoms with E-state index >= 15 is 0 Å². The molecule has 1 aliphatic rings. The highest BCUT2D eigenvalue weighted by Gasteiger charge is 2.43. The maximum Gasteiger partial charge on any atom is 0.307 e. The van der Waals surface area contributed by atoms with Crippen LogP contribution < -0.4 is 5.32 Å². The van der Waals surface area contributed by atoms with Crippen LogP contribution in [0.5, 0.6) is 0 Å². The summed E-state index contributed by atoms with van der Waals surface area (Å²) < 4.78 is 0. The number of rotatable bonds is 5. The largest absolute Gasteiger partial charge is 0.481 e. The minimum Gasteiger partial charge on any atom is -0.481 e. The third-order valence-corrected chi connectivity index (χ3v) is 5.17. The smallest absolute Gasteiger partial charge is 0.307 e. The van der Waals surface area contributed by atoms with E-state index in [9.17, 15) is 9.59 Å². The van der Waals surface area contributed by atoms with E-state index in [1.807, 2.05) is 36.4 Å². The number of carboxylic acid groups (broad SMARTS) is 1. The van der Waals surface area contributed by atoms with E-state index in [4.69, 9.17) is 5.11 Å². The van der Waals surface area contributed by atoms with Gasteiger partial charge in [-0.3, -0.25) is 9.59 Å². The highest BCUT2D eigenvalue weighted by molar-refractivity contribution is 7.14. The van der Waals surface area contributed by atoms with Gasteiger partial charge >= 0.3 is 5.97 Å². The van der Waals surface area contributed by atoms with Crippen LogP contribution in [-0.4, -0.2) is 17.0 Å². The normalized spacial score (nSPS) is 19.7. The van der Waals surface area contributed by atoms with Gasteiger partial charge in [0.05, 0.1) is 10.8 Å². The standard InChI is InChI=1S/C17H17NO3S/c1-2-12-7-8-15(22-12)16(19)18-11-5-3-10(4-6-11)13-9-14(13)17(20)21/h3-8,13-14H,2,9H2,1H3,(H,18,19)(H,20,21)/t13-,14+/m0/s1. The zero-order chi connectivity index (χ0) is 15.7. The Kier molecular flexibility index (Phi) is 3.98. The Balaban J connectivity index is 1.64. The molecule has 1 amide bonds. The van der Waals surface area contributed by atoms with Crippen molar-refractivity contribution in [2.24, 2.45) is 5.92 Å². The van der Waals surface area contributed by atoms with E-state index in [1.165, 1.54) is 16.2 Å². The molecule has 0 bridgehead atoms. The topological polar surface area (TPSA) is 66.4 Å².